The second kappa shape index (κ2) is 10.8. The lowest BCUT2D eigenvalue weighted by molar-refractivity contribution is -0.192. The van der Waals surface area contributed by atoms with Crippen molar-refractivity contribution >= 4 is 40.4 Å². The smallest absolute Gasteiger partial charge is 0.490 e. The van der Waals surface area contributed by atoms with E-state index in [1.54, 1.807) is 11.8 Å². The summed E-state index contributed by atoms with van der Waals surface area (Å²) in [6.07, 6.45) is -3.38. The van der Waals surface area contributed by atoms with Crippen molar-refractivity contribution in [1.82, 2.24) is 19.7 Å². The zero-order chi connectivity index (χ0) is 26.7. The van der Waals surface area contributed by atoms with E-state index in [9.17, 15) is 18.0 Å². The van der Waals surface area contributed by atoms with Crippen LogP contribution in [0.4, 0.5) is 19.0 Å². The van der Waals surface area contributed by atoms with Crippen LogP contribution in [0.25, 0.3) is 11.0 Å². The Morgan fingerprint density at radius 1 is 1.26 bits per heavy atom. The molecule has 3 rings (SSSR count). The minimum Gasteiger partial charge on any atom is -0.496 e. The molecule has 0 aliphatic heterocycles. The number of carboxylic acid groups (broad SMARTS) is 2. The molecular formula is C21H23ClF3N5O5. The molecular weight excluding hydrogens is 495 g/mol. The molecule has 35 heavy (non-hydrogen) atoms. The molecule has 0 bridgehead atoms. The van der Waals surface area contributed by atoms with Gasteiger partial charge in [0.15, 0.2) is 5.65 Å². The van der Waals surface area contributed by atoms with Crippen LogP contribution < -0.4 is 10.5 Å². The van der Waals surface area contributed by atoms with Crippen LogP contribution >= 0.6 is 11.6 Å². The van der Waals surface area contributed by atoms with Gasteiger partial charge in [-0.2, -0.15) is 18.3 Å². The van der Waals surface area contributed by atoms with Crippen molar-refractivity contribution in [2.75, 3.05) is 12.8 Å². The van der Waals surface area contributed by atoms with Crippen molar-refractivity contribution in [2.45, 2.75) is 45.8 Å². The largest absolute Gasteiger partial charge is 0.496 e. The van der Waals surface area contributed by atoms with Crippen molar-refractivity contribution in [3.05, 3.63) is 39.8 Å². The first-order chi connectivity index (χ1) is 16.2. The van der Waals surface area contributed by atoms with Gasteiger partial charge in [-0.1, -0.05) is 11.6 Å². The molecule has 190 valence electrons. The molecule has 0 aliphatic rings. The number of nitrogens with two attached hydrogens (primary N) is 1. The van der Waals surface area contributed by atoms with Gasteiger partial charge in [-0.05, 0) is 44.4 Å². The van der Waals surface area contributed by atoms with Gasteiger partial charge in [0.2, 0.25) is 0 Å². The molecule has 1 atom stereocenters. The molecule has 3 aromatic rings. The van der Waals surface area contributed by atoms with E-state index in [0.29, 0.717) is 34.0 Å². The van der Waals surface area contributed by atoms with Gasteiger partial charge in [-0.15, -0.1) is 0 Å². The summed E-state index contributed by atoms with van der Waals surface area (Å²) in [4.78, 5) is 28.4. The first kappa shape index (κ1) is 27.6. The van der Waals surface area contributed by atoms with Crippen LogP contribution in [0, 0.1) is 13.8 Å². The number of aliphatic carboxylic acids is 2. The Morgan fingerprint density at radius 3 is 2.37 bits per heavy atom. The zero-order valence-corrected chi connectivity index (χ0v) is 19.9. The number of ether oxygens (including phenoxy) is 1. The fourth-order valence-electron chi connectivity index (χ4n) is 3.45. The number of hydrogen-bond acceptors (Lipinski definition) is 7. The fourth-order valence-corrected chi connectivity index (χ4v) is 3.69. The molecule has 1 unspecified atom stereocenters. The van der Waals surface area contributed by atoms with Crippen LogP contribution in [0.5, 0.6) is 5.75 Å². The topological polar surface area (TPSA) is 153 Å². The normalized spacial score (nSPS) is 12.1. The summed E-state index contributed by atoms with van der Waals surface area (Å²) in [5.41, 5.74) is 9.71. The number of halogens is 4. The van der Waals surface area contributed by atoms with Gasteiger partial charge < -0.3 is 20.7 Å². The van der Waals surface area contributed by atoms with E-state index in [-0.39, 0.29) is 12.5 Å². The Morgan fingerprint density at radius 2 is 1.86 bits per heavy atom. The third-order valence-electron chi connectivity index (χ3n) is 5.17. The van der Waals surface area contributed by atoms with E-state index in [2.05, 4.69) is 15.1 Å². The molecule has 0 radical (unpaired) electrons. The van der Waals surface area contributed by atoms with E-state index < -0.39 is 18.1 Å². The summed E-state index contributed by atoms with van der Waals surface area (Å²) in [5, 5.41) is 22.1. The zero-order valence-electron chi connectivity index (χ0n) is 19.1. The van der Waals surface area contributed by atoms with Crippen LogP contribution in [0.15, 0.2) is 12.4 Å². The van der Waals surface area contributed by atoms with Gasteiger partial charge in [0.05, 0.1) is 24.2 Å². The first-order valence-electron chi connectivity index (χ1n) is 10.0. The Labute approximate surface area is 202 Å². The highest BCUT2D eigenvalue weighted by Gasteiger charge is 2.38. The SMILES string of the molecule is COc1c(C(C)n2nc(C)c3c(N)ncnc32)cc(Cl)c(C)c1CCC(=O)O.O=C(O)C(F)(F)F. The highest BCUT2D eigenvalue weighted by Crippen LogP contribution is 2.39. The molecule has 0 spiro atoms. The Balaban J connectivity index is 0.000000540. The molecule has 14 heteroatoms. The molecule has 1 aromatic carbocycles. The van der Waals surface area contributed by atoms with Gasteiger partial charge in [-0.3, -0.25) is 4.79 Å². The number of alkyl halides is 3. The predicted octanol–water partition coefficient (Wildman–Crippen LogP) is 3.95. The molecule has 0 fully saturated rings. The minimum atomic E-state index is -5.08. The molecule has 0 amide bonds. The third kappa shape index (κ3) is 6.10. The summed E-state index contributed by atoms with van der Waals surface area (Å²) in [5.74, 6) is -2.65. The number of aromatic nitrogens is 4. The number of rotatable bonds is 6. The standard InChI is InChI=1S/C19H22ClN5O3.C2HF3O2/c1-9-12(5-6-15(26)27)17(28-4)13(7-14(9)20)11(3)25-19-16(10(2)24-25)18(21)22-8-23-19;3-2(4,5)1(6)7/h7-8,11H,5-6H2,1-4H3,(H,26,27)(H2,21,22,23);(H,6,7). The number of carboxylic acids is 2. The maximum absolute atomic E-state index is 11.1. The maximum atomic E-state index is 11.1. The van der Waals surface area contributed by atoms with E-state index in [0.717, 1.165) is 22.4 Å². The highest BCUT2D eigenvalue weighted by atomic mass is 35.5. The number of nitrogens with zero attached hydrogens (tertiary/aromatic N) is 4. The van der Waals surface area contributed by atoms with Crippen molar-refractivity contribution in [2.24, 2.45) is 0 Å². The van der Waals surface area contributed by atoms with Gasteiger partial charge in [0, 0.05) is 17.0 Å². The second-order valence-corrected chi connectivity index (χ2v) is 7.85. The van der Waals surface area contributed by atoms with E-state index in [1.807, 2.05) is 26.8 Å². The van der Waals surface area contributed by atoms with E-state index in [1.165, 1.54) is 6.33 Å². The summed E-state index contributed by atoms with van der Waals surface area (Å²) < 4.78 is 39.2. The van der Waals surface area contributed by atoms with Gasteiger partial charge in [-0.25, -0.2) is 19.4 Å². The summed E-state index contributed by atoms with van der Waals surface area (Å²) in [6, 6.07) is 1.56. The number of hydrogen-bond donors (Lipinski definition) is 3. The maximum Gasteiger partial charge on any atom is 0.490 e. The van der Waals surface area contributed by atoms with Crippen LogP contribution in [0.1, 0.15) is 41.8 Å². The van der Waals surface area contributed by atoms with Crippen LogP contribution in [-0.4, -0.2) is 55.2 Å². The number of carbonyl (C=O) groups is 2. The minimum absolute atomic E-state index is 0.0150. The van der Waals surface area contributed by atoms with Gasteiger partial charge in [0.1, 0.15) is 17.9 Å². The average molecular weight is 518 g/mol. The average Bonchev–Trinajstić information content (AvgIpc) is 3.11. The van der Waals surface area contributed by atoms with Crippen molar-refractivity contribution < 1.29 is 37.7 Å². The molecule has 4 N–H and O–H groups in total. The summed E-state index contributed by atoms with van der Waals surface area (Å²) >= 11 is 6.47. The van der Waals surface area contributed by atoms with Crippen molar-refractivity contribution in [1.29, 1.82) is 0 Å². The number of aryl methyl sites for hydroxylation is 1. The monoisotopic (exact) mass is 517 g/mol. The van der Waals surface area contributed by atoms with Crippen molar-refractivity contribution in [3.8, 4) is 5.75 Å². The van der Waals surface area contributed by atoms with E-state index >= 15 is 0 Å². The van der Waals surface area contributed by atoms with E-state index in [4.69, 9.17) is 37.1 Å². The summed E-state index contributed by atoms with van der Waals surface area (Å²) in [6.45, 7) is 5.66. The number of anilines is 1. The lowest BCUT2D eigenvalue weighted by Crippen LogP contribution is -2.21. The Hall–Kier alpha value is -3.61. The molecule has 2 aromatic heterocycles. The quantitative estimate of drug-likeness (QED) is 0.441. The van der Waals surface area contributed by atoms with Gasteiger partial charge in [0.25, 0.3) is 0 Å². The fraction of sp³-hybridized carbons (Fsp3) is 0.381. The third-order valence-corrected chi connectivity index (χ3v) is 5.57. The Bertz CT molecular complexity index is 1260. The predicted molar refractivity (Wildman–Crippen MR) is 121 cm³/mol. The second-order valence-electron chi connectivity index (χ2n) is 7.44. The Kier molecular flexibility index (Phi) is 8.50. The molecule has 2 heterocycles. The molecule has 0 saturated carbocycles. The van der Waals surface area contributed by atoms with Gasteiger partial charge >= 0.3 is 18.1 Å². The lowest BCUT2D eigenvalue weighted by Gasteiger charge is -2.22. The summed E-state index contributed by atoms with van der Waals surface area (Å²) in [7, 11) is 1.57. The van der Waals surface area contributed by atoms with Crippen LogP contribution in [0.3, 0.4) is 0 Å². The lowest BCUT2D eigenvalue weighted by atomic mass is 9.96. The van der Waals surface area contributed by atoms with Crippen LogP contribution in [-0.2, 0) is 16.0 Å². The van der Waals surface area contributed by atoms with Crippen LogP contribution in [0.2, 0.25) is 5.02 Å². The molecule has 10 nitrogen and oxygen atoms in total. The first-order valence-corrected chi connectivity index (χ1v) is 10.4. The molecule has 0 aliphatic carbocycles. The highest BCUT2D eigenvalue weighted by molar-refractivity contribution is 6.31. The number of benzene rings is 1. The number of methoxy groups -OCH3 is 1. The number of nitrogen functional groups attached to an aromatic ring is 1. The number of fused-ring (bicyclic) bond motifs is 1. The van der Waals surface area contributed by atoms with Crippen molar-refractivity contribution in [3.63, 3.8) is 0 Å². The molecule has 0 saturated heterocycles.